The summed E-state index contributed by atoms with van der Waals surface area (Å²) in [6.07, 6.45) is 7.91. The highest BCUT2D eigenvalue weighted by molar-refractivity contribution is 6.03. The zero-order valence-corrected chi connectivity index (χ0v) is 18.3. The lowest BCUT2D eigenvalue weighted by Gasteiger charge is -2.31. The molecule has 8 nitrogen and oxygen atoms in total. The van der Waals surface area contributed by atoms with Crippen LogP contribution in [0.2, 0.25) is 0 Å². The van der Waals surface area contributed by atoms with Crippen molar-refractivity contribution in [2.75, 3.05) is 56.2 Å². The molecule has 5 rings (SSSR count). The highest BCUT2D eigenvalue weighted by Gasteiger charge is 2.27. The molecule has 0 saturated carbocycles. The summed E-state index contributed by atoms with van der Waals surface area (Å²) in [5.74, 6) is 3.90. The number of fused-ring (bicyclic) bond motifs is 2. The standard InChI is InChI=1S/C25H25N5O3/c1-2-18-5-3-6-19(13-18)28-25-20-14-22-23(15-21(20)26-17-27-25)33-16-24(31)30(22)8-4-7-29-9-11-32-12-10-29/h1,3,5-6,13-15,17H,4,7-12,16H2,(H,26,27,28). The van der Waals surface area contributed by atoms with Crippen molar-refractivity contribution >= 4 is 34.0 Å². The fraction of sp³-hybridized carbons (Fsp3) is 0.320. The number of carbonyl (C=O) groups is 1. The van der Waals surface area contributed by atoms with E-state index in [1.807, 2.05) is 41.3 Å². The zero-order valence-electron chi connectivity index (χ0n) is 18.3. The van der Waals surface area contributed by atoms with Crippen LogP contribution in [0.15, 0.2) is 42.7 Å². The topological polar surface area (TPSA) is 79.8 Å². The van der Waals surface area contributed by atoms with Gasteiger partial charge in [-0.15, -0.1) is 6.42 Å². The number of hydrogen-bond acceptors (Lipinski definition) is 7. The monoisotopic (exact) mass is 443 g/mol. The van der Waals surface area contributed by atoms with Gasteiger partial charge < -0.3 is 19.7 Å². The Labute approximate surface area is 192 Å². The number of ether oxygens (including phenoxy) is 2. The van der Waals surface area contributed by atoms with E-state index < -0.39 is 0 Å². The lowest BCUT2D eigenvalue weighted by Crippen LogP contribution is -2.42. The van der Waals surface area contributed by atoms with Crippen LogP contribution >= 0.6 is 0 Å². The Morgan fingerprint density at radius 3 is 2.85 bits per heavy atom. The molecule has 1 aromatic heterocycles. The molecule has 8 heteroatoms. The Hall–Kier alpha value is -3.67. The van der Waals surface area contributed by atoms with Gasteiger partial charge in [-0.25, -0.2) is 9.97 Å². The van der Waals surface area contributed by atoms with Gasteiger partial charge in [0.25, 0.3) is 5.91 Å². The van der Waals surface area contributed by atoms with Gasteiger partial charge in [0, 0.05) is 48.9 Å². The van der Waals surface area contributed by atoms with Crippen molar-refractivity contribution in [2.24, 2.45) is 0 Å². The van der Waals surface area contributed by atoms with E-state index in [1.54, 1.807) is 0 Å². The Morgan fingerprint density at radius 1 is 1.12 bits per heavy atom. The van der Waals surface area contributed by atoms with Crippen LogP contribution in [0.3, 0.4) is 0 Å². The summed E-state index contributed by atoms with van der Waals surface area (Å²) >= 11 is 0. The number of carbonyl (C=O) groups excluding carboxylic acids is 1. The van der Waals surface area contributed by atoms with Gasteiger partial charge in [0.15, 0.2) is 6.61 Å². The minimum atomic E-state index is -0.0445. The number of nitrogens with zero attached hydrogens (tertiary/aromatic N) is 4. The first-order valence-corrected chi connectivity index (χ1v) is 11.1. The second-order valence-electron chi connectivity index (χ2n) is 8.05. The second-order valence-corrected chi connectivity index (χ2v) is 8.05. The molecule has 1 fully saturated rings. The summed E-state index contributed by atoms with van der Waals surface area (Å²) in [5, 5.41) is 4.14. The van der Waals surface area contributed by atoms with E-state index in [0.717, 1.165) is 67.1 Å². The maximum Gasteiger partial charge on any atom is 0.265 e. The molecule has 0 radical (unpaired) electrons. The summed E-state index contributed by atoms with van der Waals surface area (Å²) in [5.41, 5.74) is 3.09. The van der Waals surface area contributed by atoms with Crippen molar-refractivity contribution in [2.45, 2.75) is 6.42 Å². The first-order chi connectivity index (χ1) is 16.2. The van der Waals surface area contributed by atoms with Crippen molar-refractivity contribution in [3.8, 4) is 18.1 Å². The average molecular weight is 444 g/mol. The Balaban J connectivity index is 1.42. The molecule has 0 aliphatic carbocycles. The summed E-state index contributed by atoms with van der Waals surface area (Å²) < 4.78 is 11.2. The van der Waals surface area contributed by atoms with E-state index in [2.05, 4.69) is 26.1 Å². The number of anilines is 3. The molecule has 33 heavy (non-hydrogen) atoms. The molecule has 2 aliphatic rings. The molecular weight excluding hydrogens is 418 g/mol. The van der Waals surface area contributed by atoms with E-state index in [1.165, 1.54) is 6.33 Å². The maximum atomic E-state index is 12.7. The van der Waals surface area contributed by atoms with Crippen LogP contribution in [0.25, 0.3) is 10.9 Å². The van der Waals surface area contributed by atoms with Gasteiger partial charge in [0.1, 0.15) is 17.9 Å². The maximum absolute atomic E-state index is 12.7. The molecule has 1 saturated heterocycles. The number of aromatic nitrogens is 2. The zero-order chi connectivity index (χ0) is 22.6. The van der Waals surface area contributed by atoms with Gasteiger partial charge in [-0.05, 0) is 30.7 Å². The van der Waals surface area contributed by atoms with Crippen molar-refractivity contribution in [3.05, 3.63) is 48.3 Å². The third-order valence-corrected chi connectivity index (χ3v) is 5.91. The van der Waals surface area contributed by atoms with Crippen molar-refractivity contribution in [3.63, 3.8) is 0 Å². The third-order valence-electron chi connectivity index (χ3n) is 5.91. The highest BCUT2D eigenvalue weighted by atomic mass is 16.5. The number of amides is 1. The molecule has 1 amide bonds. The molecule has 0 bridgehead atoms. The number of rotatable bonds is 6. The minimum Gasteiger partial charge on any atom is -0.481 e. The fourth-order valence-corrected chi connectivity index (χ4v) is 4.20. The summed E-state index contributed by atoms with van der Waals surface area (Å²) in [4.78, 5) is 25.8. The SMILES string of the molecule is C#Cc1cccc(Nc2ncnc3cc4c(cc23)N(CCCN2CCOCC2)C(=O)CO4)c1. The van der Waals surface area contributed by atoms with Crippen LogP contribution in [0.4, 0.5) is 17.2 Å². The summed E-state index contributed by atoms with van der Waals surface area (Å²) in [6.45, 7) is 5.00. The Bertz CT molecular complexity index is 1220. The molecule has 0 atom stereocenters. The number of hydrogen-bond donors (Lipinski definition) is 1. The largest absolute Gasteiger partial charge is 0.481 e. The van der Waals surface area contributed by atoms with Gasteiger partial charge in [-0.2, -0.15) is 0 Å². The number of morpholine rings is 1. The Morgan fingerprint density at radius 2 is 2.00 bits per heavy atom. The van der Waals surface area contributed by atoms with Gasteiger partial charge in [-0.3, -0.25) is 9.69 Å². The van der Waals surface area contributed by atoms with Crippen molar-refractivity contribution in [1.29, 1.82) is 0 Å². The first kappa shape index (κ1) is 21.2. The lowest BCUT2D eigenvalue weighted by molar-refractivity contribution is -0.121. The Kier molecular flexibility index (Phi) is 6.07. The molecule has 0 unspecified atom stereocenters. The predicted octanol–water partition coefficient (Wildman–Crippen LogP) is 2.80. The molecular formula is C25H25N5O3. The molecule has 3 heterocycles. The molecule has 0 spiro atoms. The number of terminal acetylenes is 1. The predicted molar refractivity (Wildman–Crippen MR) is 127 cm³/mol. The van der Waals surface area contributed by atoms with Crippen LogP contribution in [0.5, 0.6) is 5.75 Å². The van der Waals surface area contributed by atoms with Gasteiger partial charge in [0.05, 0.1) is 24.4 Å². The van der Waals surface area contributed by atoms with E-state index in [4.69, 9.17) is 15.9 Å². The lowest BCUT2D eigenvalue weighted by atomic mass is 10.1. The quantitative estimate of drug-likeness (QED) is 0.587. The first-order valence-electron chi connectivity index (χ1n) is 11.1. The molecule has 168 valence electrons. The normalized spacial score (nSPS) is 16.2. The minimum absolute atomic E-state index is 0.0329. The van der Waals surface area contributed by atoms with Crippen LogP contribution in [0.1, 0.15) is 12.0 Å². The van der Waals surface area contributed by atoms with E-state index in [-0.39, 0.29) is 12.5 Å². The van der Waals surface area contributed by atoms with E-state index >= 15 is 0 Å². The van der Waals surface area contributed by atoms with Crippen LogP contribution in [0, 0.1) is 12.3 Å². The van der Waals surface area contributed by atoms with Crippen LogP contribution in [-0.4, -0.2) is 66.8 Å². The smallest absolute Gasteiger partial charge is 0.265 e. The average Bonchev–Trinajstić information content (AvgIpc) is 2.85. The highest BCUT2D eigenvalue weighted by Crippen LogP contribution is 2.37. The second kappa shape index (κ2) is 9.45. The molecule has 2 aromatic carbocycles. The molecule has 3 aromatic rings. The van der Waals surface area contributed by atoms with E-state index in [0.29, 0.717) is 18.1 Å². The van der Waals surface area contributed by atoms with Gasteiger partial charge in [-0.1, -0.05) is 12.0 Å². The summed E-state index contributed by atoms with van der Waals surface area (Å²) in [7, 11) is 0. The molecule has 2 aliphatic heterocycles. The van der Waals surface area contributed by atoms with Crippen LogP contribution in [-0.2, 0) is 9.53 Å². The summed E-state index contributed by atoms with van der Waals surface area (Å²) in [6, 6.07) is 11.4. The molecule has 1 N–H and O–H groups in total. The fourth-order valence-electron chi connectivity index (χ4n) is 4.20. The number of nitrogens with one attached hydrogen (secondary N) is 1. The van der Waals surface area contributed by atoms with Gasteiger partial charge in [0.2, 0.25) is 0 Å². The van der Waals surface area contributed by atoms with Crippen molar-refractivity contribution in [1.82, 2.24) is 14.9 Å². The van der Waals surface area contributed by atoms with Gasteiger partial charge >= 0.3 is 0 Å². The van der Waals surface area contributed by atoms with Crippen LogP contribution < -0.4 is 15.0 Å². The van der Waals surface area contributed by atoms with E-state index in [9.17, 15) is 4.79 Å². The van der Waals surface area contributed by atoms with Crippen molar-refractivity contribution < 1.29 is 14.3 Å². The third kappa shape index (κ3) is 4.60. The number of benzene rings is 2.